The van der Waals surface area contributed by atoms with Crippen molar-refractivity contribution in [2.24, 2.45) is 0 Å². The highest BCUT2D eigenvalue weighted by molar-refractivity contribution is 7.88. The van der Waals surface area contributed by atoms with Gasteiger partial charge in [0.2, 0.25) is 15.9 Å². The lowest BCUT2D eigenvalue weighted by Crippen LogP contribution is -2.39. The molecule has 0 aliphatic heterocycles. The smallest absolute Gasteiger partial charge is 0.242 e. The molecule has 5 nitrogen and oxygen atoms in total. The molecule has 0 radical (unpaired) electrons. The van der Waals surface area contributed by atoms with Gasteiger partial charge in [0, 0.05) is 19.8 Å². The van der Waals surface area contributed by atoms with E-state index in [9.17, 15) is 13.2 Å². The lowest BCUT2D eigenvalue weighted by molar-refractivity contribution is -0.118. The molecule has 0 aliphatic carbocycles. The number of carbonyl (C=O) groups excluding carboxylic acids is 1. The van der Waals surface area contributed by atoms with Crippen molar-refractivity contribution < 1.29 is 13.2 Å². The predicted octanol–water partition coefficient (Wildman–Crippen LogP) is 0.849. The maximum Gasteiger partial charge on any atom is 0.242 e. The summed E-state index contributed by atoms with van der Waals surface area (Å²) in [5.41, 5.74) is 1.80. The molecule has 0 spiro atoms. The van der Waals surface area contributed by atoms with Crippen LogP contribution < -0.4 is 4.90 Å². The number of carbonyl (C=O) groups is 1. The zero-order valence-corrected chi connectivity index (χ0v) is 11.9. The second-order valence-corrected chi connectivity index (χ2v) is 6.40. The zero-order chi connectivity index (χ0) is 13.9. The second kappa shape index (κ2) is 5.49. The molecule has 1 aromatic carbocycles. The van der Waals surface area contributed by atoms with Gasteiger partial charge in [-0.3, -0.25) is 4.79 Å². The third-order valence-electron chi connectivity index (χ3n) is 2.69. The number of aryl methyl sites for hydroxylation is 1. The first kappa shape index (κ1) is 14.7. The Morgan fingerprint density at radius 1 is 1.28 bits per heavy atom. The van der Waals surface area contributed by atoms with Gasteiger partial charge in [0.05, 0.1) is 12.8 Å². The van der Waals surface area contributed by atoms with Gasteiger partial charge in [0.1, 0.15) is 0 Å². The Balaban J connectivity index is 2.79. The van der Waals surface area contributed by atoms with Gasteiger partial charge in [0.15, 0.2) is 0 Å². The van der Waals surface area contributed by atoms with Crippen LogP contribution in [-0.4, -0.2) is 45.5 Å². The van der Waals surface area contributed by atoms with E-state index in [-0.39, 0.29) is 12.5 Å². The average Bonchev–Trinajstić information content (AvgIpc) is 2.26. The normalized spacial score (nSPS) is 11.6. The number of anilines is 1. The molecule has 0 aromatic heterocycles. The topological polar surface area (TPSA) is 57.7 Å². The fourth-order valence-electron chi connectivity index (χ4n) is 1.39. The number of nitrogens with zero attached hydrogens (tertiary/aromatic N) is 2. The van der Waals surface area contributed by atoms with Crippen LogP contribution in [0, 0.1) is 6.92 Å². The summed E-state index contributed by atoms with van der Waals surface area (Å²) in [4.78, 5) is 13.4. The Kier molecular flexibility index (Phi) is 4.48. The Morgan fingerprint density at radius 2 is 1.89 bits per heavy atom. The molecule has 0 unspecified atom stereocenters. The van der Waals surface area contributed by atoms with Gasteiger partial charge >= 0.3 is 0 Å². The maximum absolute atomic E-state index is 11.9. The lowest BCUT2D eigenvalue weighted by Gasteiger charge is -2.21. The fourth-order valence-corrected chi connectivity index (χ4v) is 1.74. The molecule has 6 heteroatoms. The van der Waals surface area contributed by atoms with E-state index in [1.165, 1.54) is 11.9 Å². The first-order chi connectivity index (χ1) is 8.21. The molecule has 0 saturated carbocycles. The third kappa shape index (κ3) is 3.82. The molecule has 1 rings (SSSR count). The quantitative estimate of drug-likeness (QED) is 0.815. The Labute approximate surface area is 108 Å². The molecule has 100 valence electrons. The largest absolute Gasteiger partial charge is 0.314 e. The van der Waals surface area contributed by atoms with Crippen LogP contribution in [-0.2, 0) is 14.8 Å². The Bertz CT molecular complexity index is 540. The highest BCUT2D eigenvalue weighted by atomic mass is 32.2. The number of hydrogen-bond acceptors (Lipinski definition) is 3. The molecule has 0 aliphatic rings. The van der Waals surface area contributed by atoms with Crippen molar-refractivity contribution >= 4 is 21.6 Å². The van der Waals surface area contributed by atoms with Gasteiger partial charge in [-0.1, -0.05) is 12.1 Å². The highest BCUT2D eigenvalue weighted by Crippen LogP contribution is 2.14. The SMILES string of the molecule is Cc1cccc(N(C)C(=O)CN(C)S(C)(=O)=O)c1. The van der Waals surface area contributed by atoms with Crippen molar-refractivity contribution in [3.8, 4) is 0 Å². The Morgan fingerprint density at radius 3 is 2.39 bits per heavy atom. The molecule has 1 aromatic rings. The lowest BCUT2D eigenvalue weighted by atomic mass is 10.2. The van der Waals surface area contributed by atoms with E-state index in [1.807, 2.05) is 31.2 Å². The minimum absolute atomic E-state index is 0.163. The predicted molar refractivity (Wildman–Crippen MR) is 72.1 cm³/mol. The third-order valence-corrected chi connectivity index (χ3v) is 3.95. The van der Waals surface area contributed by atoms with E-state index in [4.69, 9.17) is 0 Å². The summed E-state index contributed by atoms with van der Waals surface area (Å²) in [5.74, 6) is -0.270. The van der Waals surface area contributed by atoms with Crippen LogP contribution in [0.3, 0.4) is 0 Å². The van der Waals surface area contributed by atoms with Crippen LogP contribution in [0.1, 0.15) is 5.56 Å². The molecule has 1 amide bonds. The van der Waals surface area contributed by atoms with Crippen LogP contribution in [0.4, 0.5) is 5.69 Å². The van der Waals surface area contributed by atoms with E-state index in [2.05, 4.69) is 0 Å². The van der Waals surface area contributed by atoms with Crippen LogP contribution in [0.2, 0.25) is 0 Å². The summed E-state index contributed by atoms with van der Waals surface area (Å²) in [6.07, 6.45) is 1.08. The summed E-state index contributed by atoms with van der Waals surface area (Å²) >= 11 is 0. The van der Waals surface area contributed by atoms with Crippen molar-refractivity contribution in [1.29, 1.82) is 0 Å². The van der Waals surface area contributed by atoms with Gasteiger partial charge < -0.3 is 4.90 Å². The highest BCUT2D eigenvalue weighted by Gasteiger charge is 2.18. The van der Waals surface area contributed by atoms with E-state index >= 15 is 0 Å². The van der Waals surface area contributed by atoms with Gasteiger partial charge in [-0.25, -0.2) is 8.42 Å². The van der Waals surface area contributed by atoms with E-state index < -0.39 is 10.0 Å². The second-order valence-electron chi connectivity index (χ2n) is 4.31. The minimum Gasteiger partial charge on any atom is -0.314 e. The zero-order valence-electron chi connectivity index (χ0n) is 11.0. The summed E-state index contributed by atoms with van der Waals surface area (Å²) < 4.78 is 23.5. The van der Waals surface area contributed by atoms with Gasteiger partial charge in [-0.15, -0.1) is 0 Å². The first-order valence-electron chi connectivity index (χ1n) is 5.46. The van der Waals surface area contributed by atoms with Crippen LogP contribution in [0.25, 0.3) is 0 Å². The first-order valence-corrected chi connectivity index (χ1v) is 7.31. The molecular weight excluding hydrogens is 252 g/mol. The molecule has 0 atom stereocenters. The maximum atomic E-state index is 11.9. The van der Waals surface area contributed by atoms with Crippen molar-refractivity contribution in [2.45, 2.75) is 6.92 Å². The van der Waals surface area contributed by atoms with E-state index in [0.29, 0.717) is 0 Å². The number of amides is 1. The summed E-state index contributed by atoms with van der Waals surface area (Å²) in [6, 6.07) is 7.48. The summed E-state index contributed by atoms with van der Waals surface area (Å²) in [5, 5.41) is 0. The fraction of sp³-hybridized carbons (Fsp3) is 0.417. The average molecular weight is 270 g/mol. The molecule has 0 saturated heterocycles. The minimum atomic E-state index is -3.34. The Hall–Kier alpha value is -1.40. The number of hydrogen-bond donors (Lipinski definition) is 0. The van der Waals surface area contributed by atoms with Gasteiger partial charge in [-0.05, 0) is 24.6 Å². The van der Waals surface area contributed by atoms with E-state index in [0.717, 1.165) is 21.8 Å². The molecule has 0 N–H and O–H groups in total. The van der Waals surface area contributed by atoms with Crippen LogP contribution >= 0.6 is 0 Å². The standard InChI is InChI=1S/C12H18N2O3S/c1-10-6-5-7-11(8-10)14(3)12(15)9-13(2)18(4,16)17/h5-8H,9H2,1-4H3. The number of rotatable bonds is 4. The summed E-state index contributed by atoms with van der Waals surface area (Å²) in [6.45, 7) is 1.77. The number of sulfonamides is 1. The molecule has 0 heterocycles. The van der Waals surface area contributed by atoms with Crippen molar-refractivity contribution in [2.75, 3.05) is 31.8 Å². The van der Waals surface area contributed by atoms with Gasteiger partial charge in [-0.2, -0.15) is 4.31 Å². The number of benzene rings is 1. The number of likely N-dealkylation sites (N-methyl/N-ethyl adjacent to an activating group) is 2. The molecule has 18 heavy (non-hydrogen) atoms. The molecule has 0 bridgehead atoms. The van der Waals surface area contributed by atoms with Crippen molar-refractivity contribution in [3.63, 3.8) is 0 Å². The monoisotopic (exact) mass is 270 g/mol. The van der Waals surface area contributed by atoms with Crippen LogP contribution in [0.15, 0.2) is 24.3 Å². The summed E-state index contributed by atoms with van der Waals surface area (Å²) in [7, 11) is -0.318. The van der Waals surface area contributed by atoms with Crippen molar-refractivity contribution in [1.82, 2.24) is 4.31 Å². The van der Waals surface area contributed by atoms with E-state index in [1.54, 1.807) is 7.05 Å². The molecular formula is C12H18N2O3S. The van der Waals surface area contributed by atoms with Gasteiger partial charge in [0.25, 0.3) is 0 Å². The van der Waals surface area contributed by atoms with Crippen molar-refractivity contribution in [3.05, 3.63) is 29.8 Å². The molecule has 0 fully saturated rings. The van der Waals surface area contributed by atoms with Crippen LogP contribution in [0.5, 0.6) is 0 Å².